The zero-order valence-corrected chi connectivity index (χ0v) is 10.8. The summed E-state index contributed by atoms with van der Waals surface area (Å²) >= 11 is 0. The molecule has 0 unspecified atom stereocenters. The first-order chi connectivity index (χ1) is 7.36. The number of hydrogen-bond acceptors (Lipinski definition) is 1. The van der Waals surface area contributed by atoms with E-state index >= 15 is 0 Å². The molecule has 0 aliphatic carbocycles. The lowest BCUT2D eigenvalue weighted by atomic mass is 9.92. The van der Waals surface area contributed by atoms with Gasteiger partial charge in [0, 0.05) is 0 Å². The third-order valence-electron chi connectivity index (χ3n) is 3.73. The Morgan fingerprint density at radius 2 is 1.67 bits per heavy atom. The van der Waals surface area contributed by atoms with E-state index in [9.17, 15) is 0 Å². The molecule has 90 valence electrons. The Hall–Kier alpha value is -0.0400. The van der Waals surface area contributed by atoms with Gasteiger partial charge in [-0.15, -0.1) is 0 Å². The Bertz CT molecular complexity index is 134. The van der Waals surface area contributed by atoms with Gasteiger partial charge in [-0.25, -0.2) is 0 Å². The lowest BCUT2D eigenvalue weighted by Crippen LogP contribution is -2.34. The Balaban J connectivity index is 1.99. The summed E-state index contributed by atoms with van der Waals surface area (Å²) in [6.45, 7) is 8.71. The number of piperidine rings is 1. The van der Waals surface area contributed by atoms with Gasteiger partial charge < -0.3 is 4.90 Å². The molecule has 1 heteroatoms. The van der Waals surface area contributed by atoms with Crippen LogP contribution < -0.4 is 0 Å². The van der Waals surface area contributed by atoms with Crippen molar-refractivity contribution in [3.05, 3.63) is 0 Å². The van der Waals surface area contributed by atoms with Crippen molar-refractivity contribution in [1.29, 1.82) is 0 Å². The summed E-state index contributed by atoms with van der Waals surface area (Å²) in [6.07, 6.45) is 11.4. The van der Waals surface area contributed by atoms with Gasteiger partial charge in [0.05, 0.1) is 0 Å². The lowest BCUT2D eigenvalue weighted by molar-refractivity contribution is 0.175. The highest BCUT2D eigenvalue weighted by atomic mass is 15.1. The molecule has 0 aromatic heterocycles. The van der Waals surface area contributed by atoms with Gasteiger partial charge in [-0.3, -0.25) is 0 Å². The number of hydrogen-bond donors (Lipinski definition) is 0. The molecule has 0 bridgehead atoms. The van der Waals surface area contributed by atoms with Gasteiger partial charge in [0.25, 0.3) is 0 Å². The number of rotatable bonds is 7. The Labute approximate surface area is 96.2 Å². The minimum Gasteiger partial charge on any atom is -0.303 e. The zero-order chi connectivity index (χ0) is 10.9. The topological polar surface area (TPSA) is 3.24 Å². The molecule has 15 heavy (non-hydrogen) atoms. The number of likely N-dealkylation sites (tertiary alicyclic amines) is 1. The minimum absolute atomic E-state index is 1.04. The Kier molecular flexibility index (Phi) is 7.08. The van der Waals surface area contributed by atoms with Gasteiger partial charge in [-0.2, -0.15) is 0 Å². The van der Waals surface area contributed by atoms with E-state index in [0.29, 0.717) is 0 Å². The second-order valence-corrected chi connectivity index (χ2v) is 5.13. The first kappa shape index (κ1) is 13.0. The minimum atomic E-state index is 1.04. The van der Waals surface area contributed by atoms with Gasteiger partial charge in [0.1, 0.15) is 0 Å². The van der Waals surface area contributed by atoms with Gasteiger partial charge in [0.15, 0.2) is 0 Å². The van der Waals surface area contributed by atoms with Crippen LogP contribution in [0.1, 0.15) is 65.2 Å². The van der Waals surface area contributed by atoms with E-state index in [2.05, 4.69) is 18.7 Å². The van der Waals surface area contributed by atoms with Crippen LogP contribution in [0, 0.1) is 5.92 Å². The van der Waals surface area contributed by atoms with Crippen molar-refractivity contribution in [2.75, 3.05) is 19.6 Å². The fourth-order valence-corrected chi connectivity index (χ4v) is 2.67. The van der Waals surface area contributed by atoms with E-state index in [1.165, 1.54) is 71.0 Å². The maximum Gasteiger partial charge on any atom is -0.00161 e. The second-order valence-electron chi connectivity index (χ2n) is 5.13. The van der Waals surface area contributed by atoms with Crippen LogP contribution in [0.3, 0.4) is 0 Å². The van der Waals surface area contributed by atoms with Crippen LogP contribution in [0.2, 0.25) is 0 Å². The van der Waals surface area contributed by atoms with Gasteiger partial charge >= 0.3 is 0 Å². The van der Waals surface area contributed by atoms with Crippen molar-refractivity contribution in [2.24, 2.45) is 5.92 Å². The molecule has 1 aliphatic heterocycles. The van der Waals surface area contributed by atoms with Gasteiger partial charge in [-0.05, 0) is 44.8 Å². The predicted molar refractivity (Wildman–Crippen MR) is 68.2 cm³/mol. The molecule has 0 amide bonds. The van der Waals surface area contributed by atoms with E-state index in [1.807, 2.05) is 0 Å². The van der Waals surface area contributed by atoms with Crippen LogP contribution in [0.4, 0.5) is 0 Å². The first-order valence-electron chi connectivity index (χ1n) is 7.09. The average Bonchev–Trinajstić information content (AvgIpc) is 2.27. The Morgan fingerprint density at radius 3 is 2.27 bits per heavy atom. The summed E-state index contributed by atoms with van der Waals surface area (Å²) in [4.78, 5) is 2.68. The fraction of sp³-hybridized carbons (Fsp3) is 1.00. The predicted octanol–water partition coefficient (Wildman–Crippen LogP) is 4.08. The number of unbranched alkanes of at least 4 members (excludes halogenated alkanes) is 3. The molecule has 1 aliphatic rings. The molecule has 0 aromatic rings. The van der Waals surface area contributed by atoms with Crippen LogP contribution in [-0.4, -0.2) is 24.5 Å². The van der Waals surface area contributed by atoms with Crippen LogP contribution in [-0.2, 0) is 0 Å². The molecule has 0 spiro atoms. The molecule has 0 aromatic carbocycles. The molecule has 0 radical (unpaired) electrons. The maximum atomic E-state index is 2.68. The maximum absolute atomic E-state index is 2.68. The van der Waals surface area contributed by atoms with Crippen molar-refractivity contribution < 1.29 is 0 Å². The highest BCUT2D eigenvalue weighted by molar-refractivity contribution is 4.71. The molecular weight excluding hydrogens is 182 g/mol. The quantitative estimate of drug-likeness (QED) is 0.574. The van der Waals surface area contributed by atoms with E-state index in [1.54, 1.807) is 0 Å². The summed E-state index contributed by atoms with van der Waals surface area (Å²) in [5, 5.41) is 0. The van der Waals surface area contributed by atoms with Crippen LogP contribution in [0.15, 0.2) is 0 Å². The number of nitrogens with zero attached hydrogens (tertiary/aromatic N) is 1. The summed E-state index contributed by atoms with van der Waals surface area (Å²) in [5.74, 6) is 1.04. The van der Waals surface area contributed by atoms with Crippen molar-refractivity contribution in [1.82, 2.24) is 4.90 Å². The first-order valence-corrected chi connectivity index (χ1v) is 7.09. The summed E-state index contributed by atoms with van der Waals surface area (Å²) in [5.41, 5.74) is 0. The molecule has 0 N–H and O–H groups in total. The zero-order valence-electron chi connectivity index (χ0n) is 10.8. The van der Waals surface area contributed by atoms with Crippen LogP contribution in [0.5, 0.6) is 0 Å². The van der Waals surface area contributed by atoms with Crippen molar-refractivity contribution >= 4 is 0 Å². The average molecular weight is 211 g/mol. The van der Waals surface area contributed by atoms with Crippen molar-refractivity contribution in [2.45, 2.75) is 65.2 Å². The molecular formula is C14H29N. The molecule has 1 nitrogen and oxygen atoms in total. The second kappa shape index (κ2) is 8.15. The summed E-state index contributed by atoms with van der Waals surface area (Å²) in [6, 6.07) is 0. The van der Waals surface area contributed by atoms with Crippen LogP contribution >= 0.6 is 0 Å². The van der Waals surface area contributed by atoms with E-state index in [0.717, 1.165) is 5.92 Å². The monoisotopic (exact) mass is 211 g/mol. The summed E-state index contributed by atoms with van der Waals surface area (Å²) < 4.78 is 0. The van der Waals surface area contributed by atoms with E-state index in [-0.39, 0.29) is 0 Å². The SMILES string of the molecule is CCCCCCN1CCC(CCC)CC1. The molecule has 1 heterocycles. The molecule has 1 saturated heterocycles. The normalized spacial score (nSPS) is 19.6. The van der Waals surface area contributed by atoms with Crippen LogP contribution in [0.25, 0.3) is 0 Å². The molecule has 0 atom stereocenters. The third kappa shape index (κ3) is 5.55. The summed E-state index contributed by atoms with van der Waals surface area (Å²) in [7, 11) is 0. The molecule has 1 fully saturated rings. The molecule has 1 rings (SSSR count). The highest BCUT2D eigenvalue weighted by Crippen LogP contribution is 2.21. The highest BCUT2D eigenvalue weighted by Gasteiger charge is 2.17. The van der Waals surface area contributed by atoms with Crippen molar-refractivity contribution in [3.8, 4) is 0 Å². The largest absolute Gasteiger partial charge is 0.303 e. The van der Waals surface area contributed by atoms with E-state index < -0.39 is 0 Å². The standard InChI is InChI=1S/C14H29N/c1-3-5-6-7-11-15-12-9-14(8-4-2)10-13-15/h14H,3-13H2,1-2H3. The van der Waals surface area contributed by atoms with Gasteiger partial charge in [0.2, 0.25) is 0 Å². The smallest absolute Gasteiger partial charge is 0.00161 e. The third-order valence-corrected chi connectivity index (χ3v) is 3.73. The van der Waals surface area contributed by atoms with Crippen molar-refractivity contribution in [3.63, 3.8) is 0 Å². The van der Waals surface area contributed by atoms with E-state index in [4.69, 9.17) is 0 Å². The fourth-order valence-electron chi connectivity index (χ4n) is 2.67. The lowest BCUT2D eigenvalue weighted by Gasteiger charge is -2.31. The Morgan fingerprint density at radius 1 is 0.933 bits per heavy atom. The molecule has 0 saturated carbocycles. The van der Waals surface area contributed by atoms with Gasteiger partial charge in [-0.1, -0.05) is 46.0 Å².